The molecule has 1 unspecified atom stereocenters. The SMILES string of the molecule is S=C1SCC(COCc2ccco2)S1. The molecule has 1 aliphatic rings. The normalized spacial score (nSPS) is 21.7. The Bertz CT molecular complexity index is 297. The zero-order valence-electron chi connectivity index (χ0n) is 7.47. The molecular formula is C9H10O2S3. The Hall–Kier alpha value is 0.0300. The van der Waals surface area contributed by atoms with Crippen molar-refractivity contribution < 1.29 is 9.15 Å². The first-order valence-corrected chi connectivity index (χ1v) is 6.55. The van der Waals surface area contributed by atoms with E-state index >= 15 is 0 Å². The lowest BCUT2D eigenvalue weighted by atomic mass is 10.4. The first kappa shape index (κ1) is 10.5. The molecule has 1 saturated heterocycles. The van der Waals surface area contributed by atoms with Crippen LogP contribution in [0.3, 0.4) is 0 Å². The number of hydrogen-bond donors (Lipinski definition) is 0. The molecule has 76 valence electrons. The van der Waals surface area contributed by atoms with E-state index < -0.39 is 0 Å². The molecule has 1 aromatic rings. The number of thiocarbonyl (C=S) groups is 1. The van der Waals surface area contributed by atoms with Crippen LogP contribution < -0.4 is 0 Å². The van der Waals surface area contributed by atoms with E-state index in [4.69, 9.17) is 21.4 Å². The fourth-order valence-electron chi connectivity index (χ4n) is 1.13. The molecule has 2 heterocycles. The van der Waals surface area contributed by atoms with Crippen LogP contribution in [0.15, 0.2) is 22.8 Å². The van der Waals surface area contributed by atoms with Gasteiger partial charge in [0, 0.05) is 11.0 Å². The highest BCUT2D eigenvalue weighted by atomic mass is 32.2. The van der Waals surface area contributed by atoms with Crippen LogP contribution in [0.1, 0.15) is 5.76 Å². The van der Waals surface area contributed by atoms with Crippen LogP contribution in [-0.4, -0.2) is 21.1 Å². The molecule has 14 heavy (non-hydrogen) atoms. The van der Waals surface area contributed by atoms with Crippen molar-refractivity contribution in [2.45, 2.75) is 11.9 Å². The number of rotatable bonds is 4. The molecule has 0 radical (unpaired) electrons. The van der Waals surface area contributed by atoms with Crippen LogP contribution in [0, 0.1) is 0 Å². The zero-order chi connectivity index (χ0) is 9.80. The summed E-state index contributed by atoms with van der Waals surface area (Å²) < 4.78 is 11.7. The maximum absolute atomic E-state index is 5.52. The minimum atomic E-state index is 0.516. The summed E-state index contributed by atoms with van der Waals surface area (Å²) in [5, 5.41) is 0.516. The van der Waals surface area contributed by atoms with Gasteiger partial charge in [-0.15, -0.1) is 23.5 Å². The van der Waals surface area contributed by atoms with Gasteiger partial charge in [0.15, 0.2) is 0 Å². The van der Waals surface area contributed by atoms with E-state index in [9.17, 15) is 0 Å². The summed E-state index contributed by atoms with van der Waals surface area (Å²) in [6, 6.07) is 3.79. The average molecular weight is 246 g/mol. The average Bonchev–Trinajstić information content (AvgIpc) is 2.77. The summed E-state index contributed by atoms with van der Waals surface area (Å²) >= 11 is 8.56. The number of hydrogen-bond acceptors (Lipinski definition) is 5. The Morgan fingerprint density at radius 1 is 1.64 bits per heavy atom. The first-order chi connectivity index (χ1) is 6.84. The second-order valence-electron chi connectivity index (χ2n) is 2.90. The molecule has 0 N–H and O–H groups in total. The molecule has 2 rings (SSSR count). The fraction of sp³-hybridized carbons (Fsp3) is 0.444. The molecule has 1 atom stereocenters. The second kappa shape index (κ2) is 5.21. The highest BCUT2D eigenvalue weighted by molar-refractivity contribution is 8.49. The Morgan fingerprint density at radius 3 is 3.21 bits per heavy atom. The van der Waals surface area contributed by atoms with E-state index in [0.717, 1.165) is 21.6 Å². The van der Waals surface area contributed by atoms with Crippen molar-refractivity contribution in [2.24, 2.45) is 0 Å². The van der Waals surface area contributed by atoms with Gasteiger partial charge in [-0.25, -0.2) is 0 Å². The lowest BCUT2D eigenvalue weighted by Crippen LogP contribution is -2.10. The van der Waals surface area contributed by atoms with Crippen molar-refractivity contribution in [1.82, 2.24) is 0 Å². The minimum Gasteiger partial charge on any atom is -0.467 e. The lowest BCUT2D eigenvalue weighted by molar-refractivity contribution is 0.110. The molecule has 0 spiro atoms. The van der Waals surface area contributed by atoms with Crippen LogP contribution in [0.5, 0.6) is 0 Å². The monoisotopic (exact) mass is 246 g/mol. The van der Waals surface area contributed by atoms with Gasteiger partial charge in [0.05, 0.1) is 12.9 Å². The molecule has 0 aromatic carbocycles. The summed E-state index contributed by atoms with van der Waals surface area (Å²) in [7, 11) is 0. The highest BCUT2D eigenvalue weighted by Crippen LogP contribution is 2.33. The van der Waals surface area contributed by atoms with Gasteiger partial charge in [-0.3, -0.25) is 0 Å². The number of furan rings is 1. The topological polar surface area (TPSA) is 22.4 Å². The van der Waals surface area contributed by atoms with Crippen LogP contribution in [-0.2, 0) is 11.3 Å². The Balaban J connectivity index is 1.66. The Kier molecular flexibility index (Phi) is 3.92. The zero-order valence-corrected chi connectivity index (χ0v) is 9.92. The number of thioether (sulfide) groups is 2. The standard InChI is InChI=1S/C9H10O2S3/c12-9-13-6-8(14-9)5-10-4-7-2-1-3-11-7/h1-3,8H,4-6H2. The first-order valence-electron chi connectivity index (χ1n) is 4.28. The minimum absolute atomic E-state index is 0.516. The van der Waals surface area contributed by atoms with Gasteiger partial charge < -0.3 is 9.15 Å². The third-order valence-corrected chi connectivity index (χ3v) is 4.91. The molecule has 2 nitrogen and oxygen atoms in total. The van der Waals surface area contributed by atoms with Gasteiger partial charge in [-0.1, -0.05) is 12.2 Å². The van der Waals surface area contributed by atoms with Crippen LogP contribution in [0.2, 0.25) is 0 Å². The maximum Gasteiger partial charge on any atom is 0.129 e. The molecule has 0 bridgehead atoms. The molecule has 1 aliphatic heterocycles. The quantitative estimate of drug-likeness (QED) is 0.760. The molecule has 5 heteroatoms. The Morgan fingerprint density at radius 2 is 2.57 bits per heavy atom. The highest BCUT2D eigenvalue weighted by Gasteiger charge is 2.20. The molecule has 0 aliphatic carbocycles. The summed E-state index contributed by atoms with van der Waals surface area (Å²) in [6.07, 6.45) is 1.66. The van der Waals surface area contributed by atoms with Crippen LogP contribution >= 0.6 is 35.7 Å². The van der Waals surface area contributed by atoms with Gasteiger partial charge in [0.1, 0.15) is 15.9 Å². The van der Waals surface area contributed by atoms with Crippen LogP contribution in [0.4, 0.5) is 0 Å². The molecular weight excluding hydrogens is 236 g/mol. The van der Waals surface area contributed by atoms with Crippen molar-refractivity contribution in [2.75, 3.05) is 12.4 Å². The van der Waals surface area contributed by atoms with E-state index in [0.29, 0.717) is 11.9 Å². The third kappa shape index (κ3) is 3.02. The van der Waals surface area contributed by atoms with E-state index in [1.165, 1.54) is 0 Å². The summed E-state index contributed by atoms with van der Waals surface area (Å²) in [6.45, 7) is 1.31. The van der Waals surface area contributed by atoms with Gasteiger partial charge in [-0.05, 0) is 12.1 Å². The maximum atomic E-state index is 5.52. The smallest absolute Gasteiger partial charge is 0.129 e. The van der Waals surface area contributed by atoms with E-state index in [1.807, 2.05) is 12.1 Å². The molecule has 0 saturated carbocycles. The Labute approximate surface area is 96.8 Å². The predicted molar refractivity (Wildman–Crippen MR) is 64.8 cm³/mol. The second-order valence-corrected chi connectivity index (χ2v) is 6.42. The van der Waals surface area contributed by atoms with Crippen molar-refractivity contribution in [3.8, 4) is 0 Å². The van der Waals surface area contributed by atoms with E-state index in [2.05, 4.69) is 0 Å². The predicted octanol–water partition coefficient (Wildman–Crippen LogP) is 2.93. The van der Waals surface area contributed by atoms with Crippen molar-refractivity contribution in [1.29, 1.82) is 0 Å². The van der Waals surface area contributed by atoms with Gasteiger partial charge in [0.25, 0.3) is 0 Å². The summed E-state index contributed by atoms with van der Waals surface area (Å²) in [5.41, 5.74) is 0. The molecule has 1 fully saturated rings. The molecule has 0 amide bonds. The van der Waals surface area contributed by atoms with Crippen LogP contribution in [0.25, 0.3) is 0 Å². The van der Waals surface area contributed by atoms with Gasteiger partial charge in [-0.2, -0.15) is 0 Å². The van der Waals surface area contributed by atoms with E-state index in [1.54, 1.807) is 29.8 Å². The van der Waals surface area contributed by atoms with Gasteiger partial charge in [0.2, 0.25) is 0 Å². The fourth-order valence-corrected chi connectivity index (χ4v) is 3.96. The number of ether oxygens (including phenoxy) is 1. The third-order valence-electron chi connectivity index (χ3n) is 1.78. The summed E-state index contributed by atoms with van der Waals surface area (Å²) in [5.74, 6) is 1.95. The van der Waals surface area contributed by atoms with Crippen molar-refractivity contribution >= 4 is 39.3 Å². The van der Waals surface area contributed by atoms with Crippen molar-refractivity contribution in [3.05, 3.63) is 24.2 Å². The van der Waals surface area contributed by atoms with Gasteiger partial charge >= 0.3 is 0 Å². The lowest BCUT2D eigenvalue weighted by Gasteiger charge is -2.06. The summed E-state index contributed by atoms with van der Waals surface area (Å²) in [4.78, 5) is 0. The largest absolute Gasteiger partial charge is 0.467 e. The molecule has 1 aromatic heterocycles. The van der Waals surface area contributed by atoms with Crippen molar-refractivity contribution in [3.63, 3.8) is 0 Å². The van der Waals surface area contributed by atoms with E-state index in [-0.39, 0.29) is 0 Å².